The first-order chi connectivity index (χ1) is 7.27. The lowest BCUT2D eigenvalue weighted by Gasteiger charge is -2.07. The first kappa shape index (κ1) is 10.5. The maximum absolute atomic E-state index is 6.16. The number of anilines is 1. The molecule has 2 rings (SSSR count). The summed E-state index contributed by atoms with van der Waals surface area (Å²) in [4.78, 5) is 4.68. The molecule has 2 N–H and O–H groups in total. The van der Waals surface area contributed by atoms with Crippen molar-refractivity contribution in [1.82, 2.24) is 9.55 Å². The molecule has 15 heavy (non-hydrogen) atoms. The monoisotopic (exact) mass is 207 g/mol. The molecule has 0 bridgehead atoms. The Bertz CT molecular complexity index is 337. The number of nitrogens with two attached hydrogens (primary N) is 1. The average Bonchev–Trinajstić information content (AvgIpc) is 3.02. The molecule has 1 aromatic rings. The van der Waals surface area contributed by atoms with E-state index in [9.17, 15) is 0 Å². The van der Waals surface area contributed by atoms with Crippen LogP contribution in [0.2, 0.25) is 0 Å². The van der Waals surface area contributed by atoms with Crippen molar-refractivity contribution in [2.24, 2.45) is 0 Å². The summed E-state index contributed by atoms with van der Waals surface area (Å²) in [5, 5.41) is 0. The average molecular weight is 207 g/mol. The van der Waals surface area contributed by atoms with Crippen molar-refractivity contribution in [3.05, 3.63) is 11.5 Å². The Labute approximate surface area is 91.7 Å². The van der Waals surface area contributed by atoms with Crippen LogP contribution in [0.5, 0.6) is 0 Å². The lowest BCUT2D eigenvalue weighted by molar-refractivity contribution is 0.612. The molecule has 1 fully saturated rings. The molecule has 1 aliphatic carbocycles. The lowest BCUT2D eigenvalue weighted by Crippen LogP contribution is -2.07. The highest BCUT2D eigenvalue weighted by Gasteiger charge is 2.30. The van der Waals surface area contributed by atoms with E-state index in [0.29, 0.717) is 5.92 Å². The van der Waals surface area contributed by atoms with Crippen LogP contribution >= 0.6 is 0 Å². The topological polar surface area (TPSA) is 43.8 Å². The maximum atomic E-state index is 6.16. The van der Waals surface area contributed by atoms with Gasteiger partial charge in [0.15, 0.2) is 0 Å². The zero-order valence-electron chi connectivity index (χ0n) is 9.79. The Morgan fingerprint density at radius 3 is 2.67 bits per heavy atom. The first-order valence-electron chi connectivity index (χ1n) is 6.12. The summed E-state index contributed by atoms with van der Waals surface area (Å²) >= 11 is 0. The van der Waals surface area contributed by atoms with Gasteiger partial charge < -0.3 is 10.3 Å². The van der Waals surface area contributed by atoms with Crippen LogP contribution in [0.15, 0.2) is 0 Å². The molecule has 84 valence electrons. The summed E-state index contributed by atoms with van der Waals surface area (Å²) in [7, 11) is 0. The molecule has 3 heteroatoms. The number of nitrogens with zero attached hydrogens (tertiary/aromatic N) is 2. The van der Waals surface area contributed by atoms with Gasteiger partial charge in [-0.25, -0.2) is 4.98 Å². The van der Waals surface area contributed by atoms with E-state index in [1.54, 1.807) is 0 Å². The molecule has 0 atom stereocenters. The van der Waals surface area contributed by atoms with Crippen molar-refractivity contribution in [3.8, 4) is 0 Å². The van der Waals surface area contributed by atoms with Crippen LogP contribution in [0.3, 0.4) is 0 Å². The van der Waals surface area contributed by atoms with E-state index in [1.807, 2.05) is 0 Å². The van der Waals surface area contributed by atoms with Crippen LogP contribution in [0.4, 0.5) is 5.82 Å². The fraction of sp³-hybridized carbons (Fsp3) is 0.750. The van der Waals surface area contributed by atoms with Crippen molar-refractivity contribution in [2.75, 3.05) is 5.73 Å². The summed E-state index contributed by atoms with van der Waals surface area (Å²) in [5.41, 5.74) is 7.33. The van der Waals surface area contributed by atoms with Crippen molar-refractivity contribution in [1.29, 1.82) is 0 Å². The first-order valence-corrected chi connectivity index (χ1v) is 6.12. The highest BCUT2D eigenvalue weighted by Crippen LogP contribution is 2.42. The highest BCUT2D eigenvalue weighted by atomic mass is 15.1. The van der Waals surface area contributed by atoms with Gasteiger partial charge >= 0.3 is 0 Å². The van der Waals surface area contributed by atoms with E-state index in [2.05, 4.69) is 23.4 Å². The molecule has 1 aromatic heterocycles. The third-order valence-corrected chi connectivity index (χ3v) is 3.13. The molecule has 0 aromatic carbocycles. The summed E-state index contributed by atoms with van der Waals surface area (Å²) < 4.78 is 2.22. The third-order valence-electron chi connectivity index (χ3n) is 3.13. The van der Waals surface area contributed by atoms with E-state index in [0.717, 1.165) is 18.8 Å². The predicted molar refractivity (Wildman–Crippen MR) is 62.9 cm³/mol. The van der Waals surface area contributed by atoms with Crippen LogP contribution in [-0.2, 0) is 13.0 Å². The van der Waals surface area contributed by atoms with Crippen molar-refractivity contribution in [2.45, 2.75) is 58.4 Å². The van der Waals surface area contributed by atoms with Gasteiger partial charge in [0.2, 0.25) is 0 Å². The molecule has 0 radical (unpaired) electrons. The molecule has 1 heterocycles. The summed E-state index contributed by atoms with van der Waals surface area (Å²) in [6.45, 7) is 5.40. The van der Waals surface area contributed by atoms with Crippen molar-refractivity contribution >= 4 is 5.82 Å². The number of rotatable bonds is 5. The number of aromatic nitrogens is 2. The zero-order valence-corrected chi connectivity index (χ0v) is 9.79. The summed E-state index contributed by atoms with van der Waals surface area (Å²) in [6, 6.07) is 0. The fourth-order valence-electron chi connectivity index (χ4n) is 2.03. The van der Waals surface area contributed by atoms with Crippen LogP contribution in [0.25, 0.3) is 0 Å². The van der Waals surface area contributed by atoms with Gasteiger partial charge in [0, 0.05) is 18.9 Å². The number of nitrogen functional groups attached to an aromatic ring is 1. The smallest absolute Gasteiger partial charge is 0.127 e. The van der Waals surface area contributed by atoms with E-state index in [1.165, 1.54) is 37.2 Å². The van der Waals surface area contributed by atoms with Gasteiger partial charge in [0.25, 0.3) is 0 Å². The normalized spacial score (nSPS) is 15.9. The number of hydrogen-bond donors (Lipinski definition) is 1. The van der Waals surface area contributed by atoms with Crippen LogP contribution in [-0.4, -0.2) is 9.55 Å². The standard InChI is InChI=1S/C12H21N3/c1-3-5-8-15-10(4-2)14-11(12(15)13)9-6-7-9/h9H,3-8,13H2,1-2H3. The van der Waals surface area contributed by atoms with Gasteiger partial charge in [-0.05, 0) is 19.3 Å². The maximum Gasteiger partial charge on any atom is 0.127 e. The molecule has 1 aliphatic rings. The summed E-state index contributed by atoms with van der Waals surface area (Å²) in [6.07, 6.45) is 5.94. The second kappa shape index (κ2) is 4.25. The molecule has 0 unspecified atom stereocenters. The molecule has 0 spiro atoms. The van der Waals surface area contributed by atoms with E-state index in [4.69, 9.17) is 5.73 Å². The van der Waals surface area contributed by atoms with Crippen LogP contribution in [0, 0.1) is 0 Å². The van der Waals surface area contributed by atoms with Crippen molar-refractivity contribution < 1.29 is 0 Å². The molecule has 0 aliphatic heterocycles. The zero-order chi connectivity index (χ0) is 10.8. The minimum atomic E-state index is 0.665. The number of aryl methyl sites for hydroxylation is 1. The summed E-state index contributed by atoms with van der Waals surface area (Å²) in [5.74, 6) is 2.77. The van der Waals surface area contributed by atoms with Gasteiger partial charge in [0.1, 0.15) is 11.6 Å². The second-order valence-corrected chi connectivity index (χ2v) is 4.43. The van der Waals surface area contributed by atoms with Gasteiger partial charge in [-0.3, -0.25) is 0 Å². The Morgan fingerprint density at radius 1 is 1.40 bits per heavy atom. The fourth-order valence-corrected chi connectivity index (χ4v) is 2.03. The van der Waals surface area contributed by atoms with Gasteiger partial charge in [-0.2, -0.15) is 0 Å². The number of imidazole rings is 1. The molecular formula is C12H21N3. The van der Waals surface area contributed by atoms with E-state index >= 15 is 0 Å². The Kier molecular flexibility index (Phi) is 2.98. The predicted octanol–water partition coefficient (Wildman–Crippen LogP) is 2.71. The molecule has 3 nitrogen and oxygen atoms in total. The van der Waals surface area contributed by atoms with Crippen LogP contribution < -0.4 is 5.73 Å². The molecule has 0 amide bonds. The Morgan fingerprint density at radius 2 is 2.13 bits per heavy atom. The van der Waals surface area contributed by atoms with E-state index in [-0.39, 0.29) is 0 Å². The molecular weight excluding hydrogens is 186 g/mol. The lowest BCUT2D eigenvalue weighted by atomic mass is 10.3. The molecule has 0 saturated heterocycles. The van der Waals surface area contributed by atoms with Gasteiger partial charge in [0.05, 0.1) is 5.69 Å². The second-order valence-electron chi connectivity index (χ2n) is 4.43. The minimum absolute atomic E-state index is 0.665. The minimum Gasteiger partial charge on any atom is -0.384 e. The Balaban J connectivity index is 2.24. The number of hydrogen-bond acceptors (Lipinski definition) is 2. The quantitative estimate of drug-likeness (QED) is 0.806. The third kappa shape index (κ3) is 2.01. The highest BCUT2D eigenvalue weighted by molar-refractivity contribution is 5.42. The SMILES string of the molecule is CCCCn1c(CC)nc(C2CC2)c1N. The number of unbranched alkanes of at least 4 members (excludes halogenated alkanes) is 1. The largest absolute Gasteiger partial charge is 0.384 e. The Hall–Kier alpha value is -0.990. The van der Waals surface area contributed by atoms with Gasteiger partial charge in [-0.15, -0.1) is 0 Å². The van der Waals surface area contributed by atoms with Gasteiger partial charge in [-0.1, -0.05) is 20.3 Å². The van der Waals surface area contributed by atoms with E-state index < -0.39 is 0 Å². The van der Waals surface area contributed by atoms with Crippen LogP contribution in [0.1, 0.15) is 57.0 Å². The van der Waals surface area contributed by atoms with Crippen molar-refractivity contribution in [3.63, 3.8) is 0 Å². The molecule has 1 saturated carbocycles.